The van der Waals surface area contributed by atoms with Crippen molar-refractivity contribution in [2.75, 3.05) is 56.5 Å². The van der Waals surface area contributed by atoms with E-state index in [9.17, 15) is 8.42 Å². The highest BCUT2D eigenvalue weighted by atomic mass is 32.2. The molecule has 2 aromatic rings. The molecular weight excluding hydrogens is 386 g/mol. The number of rotatable bonds is 6. The van der Waals surface area contributed by atoms with Crippen LogP contribution < -0.4 is 4.90 Å². The van der Waals surface area contributed by atoms with Gasteiger partial charge in [0.25, 0.3) is 0 Å². The van der Waals surface area contributed by atoms with Gasteiger partial charge in [0, 0.05) is 51.2 Å². The molecule has 2 fully saturated rings. The molecule has 3 heterocycles. The lowest BCUT2D eigenvalue weighted by atomic mass is 10.0. The van der Waals surface area contributed by atoms with Crippen LogP contribution in [0.2, 0.25) is 0 Å². The van der Waals surface area contributed by atoms with Crippen LogP contribution in [0.5, 0.6) is 0 Å². The van der Waals surface area contributed by atoms with Crippen LogP contribution in [0, 0.1) is 0 Å². The fraction of sp³-hybridized carbons (Fsp3) is 0.524. The summed E-state index contributed by atoms with van der Waals surface area (Å²) in [4.78, 5) is 16.3. The molecule has 8 heteroatoms. The molecule has 1 aromatic heterocycles. The lowest BCUT2D eigenvalue weighted by Crippen LogP contribution is -2.53. The Hall–Kier alpha value is -2.03. The molecule has 7 nitrogen and oxygen atoms in total. The van der Waals surface area contributed by atoms with Gasteiger partial charge in [0.2, 0.25) is 5.95 Å². The highest BCUT2D eigenvalue weighted by Crippen LogP contribution is 2.20. The van der Waals surface area contributed by atoms with Gasteiger partial charge in [-0.05, 0) is 44.1 Å². The minimum Gasteiger partial charge on any atom is -0.338 e. The molecule has 0 aliphatic carbocycles. The summed E-state index contributed by atoms with van der Waals surface area (Å²) >= 11 is 0. The van der Waals surface area contributed by atoms with E-state index in [1.165, 1.54) is 0 Å². The van der Waals surface area contributed by atoms with Gasteiger partial charge >= 0.3 is 0 Å². The van der Waals surface area contributed by atoms with Gasteiger partial charge in [-0.2, -0.15) is 0 Å². The Kier molecular flexibility index (Phi) is 6.42. The number of hydrogen-bond donors (Lipinski definition) is 0. The molecule has 156 valence electrons. The zero-order chi connectivity index (χ0) is 20.1. The monoisotopic (exact) mass is 415 g/mol. The van der Waals surface area contributed by atoms with Crippen LogP contribution in [0.4, 0.5) is 5.95 Å². The Bertz CT molecular complexity index is 862. The maximum Gasteiger partial charge on any atom is 0.225 e. The standard InChI is InChI=1S/C21H29N5O2S/c27-29(28,20-5-2-1-3-6-20)18-17-24-11-7-19(8-12-24)25-13-15-26(16-14-25)21-22-9-4-10-23-21/h1-6,9-10,19H,7-8,11-18H2. The molecule has 0 saturated carbocycles. The summed E-state index contributed by atoms with van der Waals surface area (Å²) in [7, 11) is -3.20. The van der Waals surface area contributed by atoms with Crippen molar-refractivity contribution >= 4 is 15.8 Å². The van der Waals surface area contributed by atoms with Crippen molar-refractivity contribution in [1.82, 2.24) is 19.8 Å². The van der Waals surface area contributed by atoms with E-state index in [1.54, 1.807) is 36.7 Å². The van der Waals surface area contributed by atoms with Gasteiger partial charge in [0.05, 0.1) is 10.6 Å². The Morgan fingerprint density at radius 3 is 2.17 bits per heavy atom. The van der Waals surface area contributed by atoms with Gasteiger partial charge < -0.3 is 9.80 Å². The highest BCUT2D eigenvalue weighted by Gasteiger charge is 2.28. The second kappa shape index (κ2) is 9.19. The lowest BCUT2D eigenvalue weighted by molar-refractivity contribution is 0.106. The lowest BCUT2D eigenvalue weighted by Gasteiger charge is -2.42. The first kappa shape index (κ1) is 20.3. The van der Waals surface area contributed by atoms with Crippen LogP contribution in [0.25, 0.3) is 0 Å². The summed E-state index contributed by atoms with van der Waals surface area (Å²) in [6.07, 6.45) is 5.80. The summed E-state index contributed by atoms with van der Waals surface area (Å²) in [5.74, 6) is 1.01. The minimum atomic E-state index is -3.20. The normalized spacial score (nSPS) is 20.1. The molecule has 0 unspecified atom stereocenters. The summed E-state index contributed by atoms with van der Waals surface area (Å²) < 4.78 is 25.0. The van der Waals surface area contributed by atoms with Crippen LogP contribution in [-0.4, -0.2) is 85.8 Å². The number of aromatic nitrogens is 2. The summed E-state index contributed by atoms with van der Waals surface area (Å²) in [6, 6.07) is 11.2. The molecule has 0 atom stereocenters. The average Bonchev–Trinajstić information content (AvgIpc) is 2.79. The van der Waals surface area contributed by atoms with E-state index in [-0.39, 0.29) is 5.75 Å². The number of hydrogen-bond acceptors (Lipinski definition) is 7. The molecule has 2 aliphatic heterocycles. The largest absolute Gasteiger partial charge is 0.338 e. The van der Waals surface area contributed by atoms with E-state index in [0.29, 0.717) is 17.5 Å². The van der Waals surface area contributed by atoms with E-state index < -0.39 is 9.84 Å². The second-order valence-corrected chi connectivity index (χ2v) is 9.89. The Morgan fingerprint density at radius 2 is 1.52 bits per heavy atom. The molecule has 0 amide bonds. The molecule has 0 radical (unpaired) electrons. The van der Waals surface area contributed by atoms with Gasteiger partial charge in [-0.3, -0.25) is 4.90 Å². The summed E-state index contributed by atoms with van der Waals surface area (Å²) in [6.45, 7) is 6.53. The molecule has 2 aliphatic rings. The third-order valence-corrected chi connectivity index (χ3v) is 7.71. The first-order chi connectivity index (χ1) is 14.1. The van der Waals surface area contributed by atoms with Gasteiger partial charge in [0.1, 0.15) is 0 Å². The van der Waals surface area contributed by atoms with Gasteiger partial charge in [-0.15, -0.1) is 0 Å². The van der Waals surface area contributed by atoms with E-state index in [2.05, 4.69) is 24.7 Å². The molecule has 29 heavy (non-hydrogen) atoms. The van der Waals surface area contributed by atoms with E-state index >= 15 is 0 Å². The number of anilines is 1. The molecule has 1 aromatic carbocycles. The van der Waals surface area contributed by atoms with E-state index in [0.717, 1.165) is 58.1 Å². The van der Waals surface area contributed by atoms with Gasteiger partial charge in [0.15, 0.2) is 9.84 Å². The molecule has 2 saturated heterocycles. The number of piperidine rings is 1. The third-order valence-electron chi connectivity index (χ3n) is 6.00. The van der Waals surface area contributed by atoms with Crippen LogP contribution >= 0.6 is 0 Å². The quantitative estimate of drug-likeness (QED) is 0.709. The number of likely N-dealkylation sites (tertiary alicyclic amines) is 1. The third kappa shape index (κ3) is 5.12. The maximum absolute atomic E-state index is 12.5. The molecular formula is C21H29N5O2S. The zero-order valence-electron chi connectivity index (χ0n) is 16.7. The highest BCUT2D eigenvalue weighted by molar-refractivity contribution is 7.91. The Balaban J connectivity index is 1.21. The number of piperazine rings is 1. The molecule has 0 N–H and O–H groups in total. The Morgan fingerprint density at radius 1 is 0.862 bits per heavy atom. The van der Waals surface area contributed by atoms with Crippen LogP contribution in [0.1, 0.15) is 12.8 Å². The zero-order valence-corrected chi connectivity index (χ0v) is 17.5. The SMILES string of the molecule is O=S(=O)(CCN1CCC(N2CCN(c3ncccn3)CC2)CC1)c1ccccc1. The maximum atomic E-state index is 12.5. The van der Waals surface area contributed by atoms with E-state index in [4.69, 9.17) is 0 Å². The molecule has 4 rings (SSSR count). The van der Waals surface area contributed by atoms with Gasteiger partial charge in [-0.25, -0.2) is 18.4 Å². The molecule has 0 bridgehead atoms. The van der Waals surface area contributed by atoms with Crippen molar-refractivity contribution in [3.8, 4) is 0 Å². The van der Waals surface area contributed by atoms with Crippen molar-refractivity contribution in [3.63, 3.8) is 0 Å². The van der Waals surface area contributed by atoms with Crippen molar-refractivity contribution in [1.29, 1.82) is 0 Å². The summed E-state index contributed by atoms with van der Waals surface area (Å²) in [5.41, 5.74) is 0. The van der Waals surface area contributed by atoms with E-state index in [1.807, 2.05) is 12.1 Å². The predicted octanol–water partition coefficient (Wildman–Crippen LogP) is 1.54. The minimum absolute atomic E-state index is 0.192. The van der Waals surface area contributed by atoms with Gasteiger partial charge in [-0.1, -0.05) is 18.2 Å². The van der Waals surface area contributed by atoms with Crippen molar-refractivity contribution in [3.05, 3.63) is 48.8 Å². The summed E-state index contributed by atoms with van der Waals surface area (Å²) in [5, 5.41) is 0. The number of benzene rings is 1. The molecule has 0 spiro atoms. The smallest absolute Gasteiger partial charge is 0.225 e. The van der Waals surface area contributed by atoms with Crippen molar-refractivity contribution < 1.29 is 8.42 Å². The fourth-order valence-corrected chi connectivity index (χ4v) is 5.55. The van der Waals surface area contributed by atoms with Crippen LogP contribution in [-0.2, 0) is 9.84 Å². The first-order valence-electron chi connectivity index (χ1n) is 10.4. The predicted molar refractivity (Wildman–Crippen MR) is 114 cm³/mol. The van der Waals surface area contributed by atoms with Crippen molar-refractivity contribution in [2.24, 2.45) is 0 Å². The Labute approximate surface area is 173 Å². The average molecular weight is 416 g/mol. The number of sulfone groups is 1. The second-order valence-electron chi connectivity index (χ2n) is 7.78. The van der Waals surface area contributed by atoms with Crippen LogP contribution in [0.3, 0.4) is 0 Å². The fourth-order valence-electron chi connectivity index (χ4n) is 4.24. The first-order valence-corrected chi connectivity index (χ1v) is 12.0. The topological polar surface area (TPSA) is 69.6 Å². The van der Waals surface area contributed by atoms with Crippen molar-refractivity contribution in [2.45, 2.75) is 23.8 Å². The number of nitrogens with zero attached hydrogens (tertiary/aromatic N) is 5. The van der Waals surface area contributed by atoms with Crippen LogP contribution in [0.15, 0.2) is 53.7 Å².